The third-order valence-corrected chi connectivity index (χ3v) is 3.44. The van der Waals surface area contributed by atoms with Gasteiger partial charge in [-0.05, 0) is 48.9 Å². The second kappa shape index (κ2) is 7.34. The molecule has 110 valence electrons. The van der Waals surface area contributed by atoms with E-state index in [1.54, 1.807) is 36.4 Å². The van der Waals surface area contributed by atoms with Gasteiger partial charge in [0.25, 0.3) is 5.91 Å². The second-order valence-corrected chi connectivity index (χ2v) is 5.46. The lowest BCUT2D eigenvalue weighted by atomic mass is 10.1. The highest BCUT2D eigenvalue weighted by molar-refractivity contribution is 6.30. The predicted octanol–water partition coefficient (Wildman–Crippen LogP) is 4.25. The molecule has 2 rings (SSSR count). The van der Waals surface area contributed by atoms with Crippen LogP contribution in [-0.2, 0) is 4.79 Å². The molecule has 0 fully saturated rings. The Labute approximate surface area is 133 Å². The van der Waals surface area contributed by atoms with E-state index in [0.29, 0.717) is 15.8 Å². The van der Waals surface area contributed by atoms with Gasteiger partial charge in [-0.3, -0.25) is 4.79 Å². The number of halogens is 2. The zero-order valence-corrected chi connectivity index (χ0v) is 13.0. The minimum absolute atomic E-state index is 0.0421. The monoisotopic (exact) mass is 323 g/mol. The molecule has 0 unspecified atom stereocenters. The first-order valence-corrected chi connectivity index (χ1v) is 7.23. The van der Waals surface area contributed by atoms with E-state index in [2.05, 4.69) is 5.32 Å². The summed E-state index contributed by atoms with van der Waals surface area (Å²) < 4.78 is 5.39. The highest BCUT2D eigenvalue weighted by atomic mass is 35.5. The first-order chi connectivity index (χ1) is 10.0. The fraction of sp³-hybridized carbons (Fsp3) is 0.188. The molecule has 0 aliphatic heterocycles. The van der Waals surface area contributed by atoms with Gasteiger partial charge in [-0.2, -0.15) is 0 Å². The quantitative estimate of drug-likeness (QED) is 0.893. The van der Waals surface area contributed by atoms with E-state index in [-0.39, 0.29) is 18.6 Å². The van der Waals surface area contributed by atoms with Crippen molar-refractivity contribution in [2.45, 2.75) is 13.0 Å². The number of ether oxygens (including phenoxy) is 1. The Morgan fingerprint density at radius 3 is 2.14 bits per heavy atom. The Bertz CT molecular complexity index is 597. The van der Waals surface area contributed by atoms with E-state index in [9.17, 15) is 4.79 Å². The van der Waals surface area contributed by atoms with E-state index in [1.807, 2.05) is 19.1 Å². The van der Waals surface area contributed by atoms with Crippen LogP contribution in [0.1, 0.15) is 18.5 Å². The Hall–Kier alpha value is -1.71. The topological polar surface area (TPSA) is 38.3 Å². The summed E-state index contributed by atoms with van der Waals surface area (Å²) in [4.78, 5) is 11.8. The summed E-state index contributed by atoms with van der Waals surface area (Å²) in [7, 11) is 0. The molecule has 1 atom stereocenters. The van der Waals surface area contributed by atoms with Crippen LogP contribution in [0.3, 0.4) is 0 Å². The summed E-state index contributed by atoms with van der Waals surface area (Å²) in [5, 5.41) is 4.16. The molecule has 5 heteroatoms. The Kier molecular flexibility index (Phi) is 5.48. The molecular weight excluding hydrogens is 309 g/mol. The van der Waals surface area contributed by atoms with Crippen LogP contribution in [0.5, 0.6) is 5.75 Å². The van der Waals surface area contributed by atoms with Crippen LogP contribution < -0.4 is 10.1 Å². The van der Waals surface area contributed by atoms with Crippen LogP contribution in [0, 0.1) is 0 Å². The molecule has 0 saturated heterocycles. The van der Waals surface area contributed by atoms with Gasteiger partial charge in [0.1, 0.15) is 5.75 Å². The first kappa shape index (κ1) is 15.7. The van der Waals surface area contributed by atoms with Crippen molar-refractivity contribution in [1.82, 2.24) is 5.32 Å². The van der Waals surface area contributed by atoms with Crippen molar-refractivity contribution < 1.29 is 9.53 Å². The van der Waals surface area contributed by atoms with Crippen LogP contribution in [0.15, 0.2) is 48.5 Å². The molecule has 2 aromatic rings. The average molecular weight is 324 g/mol. The number of hydrogen-bond donors (Lipinski definition) is 1. The number of hydrogen-bond acceptors (Lipinski definition) is 2. The minimum atomic E-state index is -0.188. The van der Waals surface area contributed by atoms with Gasteiger partial charge in [-0.1, -0.05) is 35.3 Å². The molecule has 0 heterocycles. The largest absolute Gasteiger partial charge is 0.484 e. The molecule has 0 saturated carbocycles. The van der Waals surface area contributed by atoms with Crippen LogP contribution in [-0.4, -0.2) is 12.5 Å². The summed E-state index contributed by atoms with van der Waals surface area (Å²) in [6.07, 6.45) is 0. The van der Waals surface area contributed by atoms with Crippen molar-refractivity contribution >= 4 is 29.1 Å². The molecule has 0 bridgehead atoms. The predicted molar refractivity (Wildman–Crippen MR) is 85.0 cm³/mol. The number of carbonyl (C=O) groups is 1. The van der Waals surface area contributed by atoms with Crippen LogP contribution >= 0.6 is 23.2 Å². The van der Waals surface area contributed by atoms with E-state index < -0.39 is 0 Å². The van der Waals surface area contributed by atoms with Crippen molar-refractivity contribution in [2.75, 3.05) is 6.61 Å². The lowest BCUT2D eigenvalue weighted by Crippen LogP contribution is -2.31. The second-order valence-electron chi connectivity index (χ2n) is 4.58. The Balaban J connectivity index is 1.83. The van der Waals surface area contributed by atoms with Gasteiger partial charge >= 0.3 is 0 Å². The number of rotatable bonds is 5. The lowest BCUT2D eigenvalue weighted by Gasteiger charge is -2.14. The van der Waals surface area contributed by atoms with Gasteiger partial charge < -0.3 is 10.1 Å². The van der Waals surface area contributed by atoms with Crippen LogP contribution in [0.2, 0.25) is 10.0 Å². The molecule has 0 aliphatic carbocycles. The maximum Gasteiger partial charge on any atom is 0.258 e. The van der Waals surface area contributed by atoms with Gasteiger partial charge in [0.2, 0.25) is 0 Å². The molecule has 3 nitrogen and oxygen atoms in total. The standard InChI is InChI=1S/C16H15Cl2NO2/c1-11(12-2-4-13(17)5-3-12)19-16(20)10-21-15-8-6-14(18)7-9-15/h2-9,11H,10H2,1H3,(H,19,20)/t11-/m1/s1. The first-order valence-electron chi connectivity index (χ1n) is 6.48. The van der Waals surface area contributed by atoms with Crippen molar-refractivity contribution in [2.24, 2.45) is 0 Å². The summed E-state index contributed by atoms with van der Waals surface area (Å²) in [6, 6.07) is 14.1. The average Bonchev–Trinajstić information content (AvgIpc) is 2.47. The molecule has 2 aromatic carbocycles. The molecular formula is C16H15Cl2NO2. The summed E-state index contributed by atoms with van der Waals surface area (Å²) >= 11 is 11.6. The highest BCUT2D eigenvalue weighted by Crippen LogP contribution is 2.17. The maximum atomic E-state index is 11.8. The normalized spacial score (nSPS) is 11.8. The van der Waals surface area contributed by atoms with Gasteiger partial charge in [0, 0.05) is 10.0 Å². The van der Waals surface area contributed by atoms with E-state index in [4.69, 9.17) is 27.9 Å². The van der Waals surface area contributed by atoms with Crippen LogP contribution in [0.25, 0.3) is 0 Å². The number of carbonyl (C=O) groups excluding carboxylic acids is 1. The van der Waals surface area contributed by atoms with Gasteiger partial charge in [-0.25, -0.2) is 0 Å². The molecule has 1 amide bonds. The lowest BCUT2D eigenvalue weighted by molar-refractivity contribution is -0.123. The molecule has 0 aromatic heterocycles. The van der Waals surface area contributed by atoms with E-state index in [0.717, 1.165) is 5.56 Å². The van der Waals surface area contributed by atoms with Crippen LogP contribution in [0.4, 0.5) is 0 Å². The smallest absolute Gasteiger partial charge is 0.258 e. The minimum Gasteiger partial charge on any atom is -0.484 e. The number of benzene rings is 2. The fourth-order valence-corrected chi connectivity index (χ4v) is 2.05. The van der Waals surface area contributed by atoms with Gasteiger partial charge in [0.15, 0.2) is 6.61 Å². The van der Waals surface area contributed by atoms with Crippen molar-refractivity contribution in [3.8, 4) is 5.75 Å². The summed E-state index contributed by atoms with van der Waals surface area (Å²) in [6.45, 7) is 1.86. The molecule has 0 radical (unpaired) electrons. The fourth-order valence-electron chi connectivity index (χ4n) is 1.80. The summed E-state index contributed by atoms with van der Waals surface area (Å²) in [5.41, 5.74) is 0.985. The third kappa shape index (κ3) is 4.96. The van der Waals surface area contributed by atoms with Crippen molar-refractivity contribution in [3.05, 3.63) is 64.1 Å². The van der Waals surface area contributed by atoms with E-state index in [1.165, 1.54) is 0 Å². The van der Waals surface area contributed by atoms with Gasteiger partial charge in [-0.15, -0.1) is 0 Å². The molecule has 0 aliphatic rings. The molecule has 1 N–H and O–H groups in total. The van der Waals surface area contributed by atoms with E-state index >= 15 is 0 Å². The molecule has 0 spiro atoms. The Morgan fingerprint density at radius 1 is 1.05 bits per heavy atom. The SMILES string of the molecule is C[C@@H](NC(=O)COc1ccc(Cl)cc1)c1ccc(Cl)cc1. The van der Waals surface area contributed by atoms with Crippen molar-refractivity contribution in [3.63, 3.8) is 0 Å². The number of nitrogens with one attached hydrogen (secondary N) is 1. The van der Waals surface area contributed by atoms with Crippen molar-refractivity contribution in [1.29, 1.82) is 0 Å². The van der Waals surface area contributed by atoms with Gasteiger partial charge in [0.05, 0.1) is 6.04 Å². The third-order valence-electron chi connectivity index (χ3n) is 2.93. The molecule has 21 heavy (non-hydrogen) atoms. The maximum absolute atomic E-state index is 11.8. The zero-order valence-electron chi connectivity index (χ0n) is 11.5. The summed E-state index contributed by atoms with van der Waals surface area (Å²) in [5.74, 6) is 0.418. The highest BCUT2D eigenvalue weighted by Gasteiger charge is 2.10. The Morgan fingerprint density at radius 2 is 1.57 bits per heavy atom. The number of amides is 1. The zero-order chi connectivity index (χ0) is 15.2.